The number of rotatable bonds is 10. The van der Waals surface area contributed by atoms with Crippen LogP contribution in [0.3, 0.4) is 0 Å². The predicted octanol–water partition coefficient (Wildman–Crippen LogP) is 6.48. The Balaban J connectivity index is 1.10. The van der Waals surface area contributed by atoms with E-state index in [9.17, 15) is 19.2 Å². The van der Waals surface area contributed by atoms with E-state index < -0.39 is 12.1 Å². The molecule has 4 N–H and O–H groups in total. The minimum absolute atomic E-state index is 0.0249. The SMILES string of the molecule is CC(=O)N[C@H](C(=O)N1CCC[C@H]1c1ncc(-c2ccc(-c3ccc4c(ccc5nc([C@@H]6CCCN6C(=O)[C@@H](NC(C)=O)C(C)C)[nH]c54)c3)s2)[nH]1)C(C)C. The van der Waals surface area contributed by atoms with Gasteiger partial charge in [0.1, 0.15) is 23.7 Å². The summed E-state index contributed by atoms with van der Waals surface area (Å²) in [5.41, 5.74) is 3.80. The van der Waals surface area contributed by atoms with E-state index in [4.69, 9.17) is 9.97 Å². The summed E-state index contributed by atoms with van der Waals surface area (Å²) in [4.78, 5) is 73.4. The van der Waals surface area contributed by atoms with Gasteiger partial charge in [-0.05, 0) is 72.7 Å². The number of fused-ring (bicyclic) bond motifs is 3. The van der Waals surface area contributed by atoms with Crippen LogP contribution in [0.5, 0.6) is 0 Å². The molecule has 5 aromatic rings. The predicted molar refractivity (Wildman–Crippen MR) is 207 cm³/mol. The Kier molecular flexibility index (Phi) is 10.1. The molecule has 13 heteroatoms. The lowest BCUT2D eigenvalue weighted by Gasteiger charge is -2.30. The van der Waals surface area contributed by atoms with Gasteiger partial charge in [-0.15, -0.1) is 11.3 Å². The molecule has 53 heavy (non-hydrogen) atoms. The van der Waals surface area contributed by atoms with E-state index in [1.807, 2.05) is 49.8 Å². The molecule has 4 atom stereocenters. The first-order chi connectivity index (χ1) is 25.4. The maximum Gasteiger partial charge on any atom is 0.246 e. The third kappa shape index (κ3) is 7.18. The van der Waals surface area contributed by atoms with Crippen LogP contribution in [0, 0.1) is 11.8 Å². The van der Waals surface area contributed by atoms with Crippen LogP contribution in [0.25, 0.3) is 42.8 Å². The van der Waals surface area contributed by atoms with E-state index in [1.165, 1.54) is 13.8 Å². The second-order valence-corrected chi connectivity index (χ2v) is 16.2. The van der Waals surface area contributed by atoms with Crippen LogP contribution in [-0.2, 0) is 19.2 Å². The molecule has 2 aliphatic rings. The summed E-state index contributed by atoms with van der Waals surface area (Å²) in [5.74, 6) is 0.925. The van der Waals surface area contributed by atoms with Gasteiger partial charge in [0, 0.05) is 37.2 Å². The number of aromatic nitrogens is 4. The number of hydrogen-bond donors (Lipinski definition) is 4. The van der Waals surface area contributed by atoms with E-state index in [1.54, 1.807) is 11.3 Å². The van der Waals surface area contributed by atoms with Crippen molar-refractivity contribution in [2.24, 2.45) is 11.8 Å². The molecule has 0 radical (unpaired) electrons. The summed E-state index contributed by atoms with van der Waals surface area (Å²) in [7, 11) is 0. The molecule has 2 aromatic carbocycles. The Hall–Kier alpha value is -5.04. The highest BCUT2D eigenvalue weighted by Crippen LogP contribution is 2.39. The molecule has 0 unspecified atom stereocenters. The van der Waals surface area contributed by atoms with Crippen LogP contribution >= 0.6 is 11.3 Å². The van der Waals surface area contributed by atoms with Gasteiger partial charge in [-0.25, -0.2) is 9.97 Å². The topological polar surface area (TPSA) is 156 Å². The lowest BCUT2D eigenvalue weighted by molar-refractivity contribution is -0.138. The number of hydrogen-bond acceptors (Lipinski definition) is 7. The molecular formula is C40H48N8O4S. The molecule has 0 spiro atoms. The third-order valence-corrected chi connectivity index (χ3v) is 11.7. The van der Waals surface area contributed by atoms with Crippen LogP contribution in [0.15, 0.2) is 48.7 Å². The van der Waals surface area contributed by atoms with Gasteiger partial charge in [0.15, 0.2) is 0 Å². The first-order valence-electron chi connectivity index (χ1n) is 18.6. The minimum Gasteiger partial charge on any atom is -0.344 e. The van der Waals surface area contributed by atoms with E-state index in [2.05, 4.69) is 57.0 Å². The lowest BCUT2D eigenvalue weighted by Crippen LogP contribution is -2.50. The Labute approximate surface area is 313 Å². The first-order valence-corrected chi connectivity index (χ1v) is 19.4. The summed E-state index contributed by atoms with van der Waals surface area (Å²) in [6, 6.07) is 13.3. The van der Waals surface area contributed by atoms with Gasteiger partial charge in [0.25, 0.3) is 0 Å². The molecule has 2 saturated heterocycles. The van der Waals surface area contributed by atoms with Gasteiger partial charge in [-0.1, -0.05) is 45.9 Å². The van der Waals surface area contributed by atoms with Crippen LogP contribution in [0.2, 0.25) is 0 Å². The van der Waals surface area contributed by atoms with Crippen molar-refractivity contribution in [2.45, 2.75) is 91.4 Å². The van der Waals surface area contributed by atoms with Crippen LogP contribution in [0.4, 0.5) is 0 Å². The van der Waals surface area contributed by atoms with Crippen LogP contribution in [0.1, 0.15) is 91.0 Å². The van der Waals surface area contributed by atoms with E-state index in [-0.39, 0.29) is 47.5 Å². The molecule has 5 heterocycles. The van der Waals surface area contributed by atoms with Gasteiger partial charge in [-0.3, -0.25) is 19.2 Å². The zero-order chi connectivity index (χ0) is 37.6. The summed E-state index contributed by atoms with van der Waals surface area (Å²) in [6.45, 7) is 12.0. The highest BCUT2D eigenvalue weighted by Gasteiger charge is 2.38. The minimum atomic E-state index is -0.571. The Morgan fingerprint density at radius 2 is 1.38 bits per heavy atom. The number of nitrogens with one attached hydrogen (secondary N) is 4. The number of amides is 4. The maximum absolute atomic E-state index is 13.6. The van der Waals surface area contributed by atoms with Gasteiger partial charge < -0.3 is 30.4 Å². The average Bonchev–Trinajstić information content (AvgIpc) is 3.96. The monoisotopic (exact) mass is 736 g/mol. The Morgan fingerprint density at radius 3 is 1.98 bits per heavy atom. The Morgan fingerprint density at radius 1 is 0.774 bits per heavy atom. The first kappa shape index (κ1) is 36.3. The highest BCUT2D eigenvalue weighted by molar-refractivity contribution is 7.18. The number of benzene rings is 2. The normalized spacial score (nSPS) is 18.7. The van der Waals surface area contributed by atoms with Crippen molar-refractivity contribution in [3.05, 3.63) is 60.3 Å². The fraction of sp³-hybridized carbons (Fsp3) is 0.450. The lowest BCUT2D eigenvalue weighted by atomic mass is 10.0. The largest absolute Gasteiger partial charge is 0.344 e. The van der Waals surface area contributed by atoms with Crippen molar-refractivity contribution in [1.82, 2.24) is 40.4 Å². The molecular weight excluding hydrogens is 689 g/mol. The molecule has 0 saturated carbocycles. The van der Waals surface area contributed by atoms with Crippen molar-refractivity contribution in [3.63, 3.8) is 0 Å². The molecule has 4 amide bonds. The standard InChI is InChI=1S/C40H48N8O4S/c1-21(2)34(42-23(5)49)39(51)47-17-7-9-30(47)37-41-20-29(45-37)33-16-15-32(53-33)26-11-13-27-25(19-26)12-14-28-36(27)46-38(44-28)31-10-8-18-48(31)40(52)35(22(3)4)43-24(6)50/h11-16,19-22,30-31,34-35H,7-10,17-18H2,1-6H3,(H,41,45)(H,42,49)(H,43,50)(H,44,46)/t30-,31-,34-,35-/m0/s1. The van der Waals surface area contributed by atoms with E-state index >= 15 is 0 Å². The van der Waals surface area contributed by atoms with Gasteiger partial charge in [-0.2, -0.15) is 0 Å². The second-order valence-electron chi connectivity index (χ2n) is 15.1. The number of likely N-dealkylation sites (tertiary alicyclic amines) is 2. The van der Waals surface area contributed by atoms with Crippen molar-refractivity contribution in [3.8, 4) is 21.0 Å². The summed E-state index contributed by atoms with van der Waals surface area (Å²) in [5, 5.41) is 7.83. The van der Waals surface area contributed by atoms with E-state index in [0.29, 0.717) is 13.1 Å². The fourth-order valence-electron chi connectivity index (χ4n) is 7.86. The van der Waals surface area contributed by atoms with Crippen molar-refractivity contribution in [2.75, 3.05) is 13.1 Å². The molecule has 2 fully saturated rings. The van der Waals surface area contributed by atoms with E-state index in [0.717, 1.165) is 80.1 Å². The van der Waals surface area contributed by atoms with Gasteiger partial charge in [0.05, 0.1) is 39.9 Å². The number of carbonyl (C=O) groups is 4. The number of H-pyrrole nitrogens is 2. The fourth-order valence-corrected chi connectivity index (χ4v) is 8.83. The Bertz CT molecular complexity index is 2180. The number of thiophene rings is 1. The molecule has 278 valence electrons. The van der Waals surface area contributed by atoms with Gasteiger partial charge in [0.2, 0.25) is 23.6 Å². The van der Waals surface area contributed by atoms with Crippen molar-refractivity contribution in [1.29, 1.82) is 0 Å². The summed E-state index contributed by atoms with van der Waals surface area (Å²) in [6.07, 6.45) is 5.23. The summed E-state index contributed by atoms with van der Waals surface area (Å²) >= 11 is 1.68. The molecule has 0 bridgehead atoms. The zero-order valence-electron chi connectivity index (χ0n) is 31.2. The average molecular weight is 737 g/mol. The second kappa shape index (κ2) is 14.8. The van der Waals surface area contributed by atoms with Crippen molar-refractivity contribution >= 4 is 56.8 Å². The number of nitrogens with zero attached hydrogens (tertiary/aromatic N) is 4. The molecule has 7 rings (SSSR count). The third-order valence-electron chi connectivity index (χ3n) is 10.5. The number of aromatic amines is 2. The quantitative estimate of drug-likeness (QED) is 0.129. The van der Waals surface area contributed by atoms with Crippen LogP contribution in [-0.4, -0.2) is 78.5 Å². The maximum atomic E-state index is 13.6. The molecule has 0 aliphatic carbocycles. The number of carbonyl (C=O) groups excluding carboxylic acids is 4. The zero-order valence-corrected chi connectivity index (χ0v) is 32.0. The van der Waals surface area contributed by atoms with Crippen molar-refractivity contribution < 1.29 is 19.2 Å². The number of imidazole rings is 2. The molecule has 2 aliphatic heterocycles. The molecule has 3 aromatic heterocycles. The molecule has 12 nitrogen and oxygen atoms in total. The smallest absolute Gasteiger partial charge is 0.246 e. The van der Waals surface area contributed by atoms with Crippen LogP contribution < -0.4 is 10.6 Å². The summed E-state index contributed by atoms with van der Waals surface area (Å²) < 4.78 is 0. The highest BCUT2D eigenvalue weighted by atomic mass is 32.1. The van der Waals surface area contributed by atoms with Gasteiger partial charge >= 0.3 is 0 Å².